The van der Waals surface area contributed by atoms with Crippen LogP contribution in [-0.4, -0.2) is 11.0 Å². The summed E-state index contributed by atoms with van der Waals surface area (Å²) in [7, 11) is 0. The molecule has 0 spiro atoms. The van der Waals surface area contributed by atoms with Crippen molar-refractivity contribution in [3.63, 3.8) is 0 Å². The molecule has 4 heteroatoms. The van der Waals surface area contributed by atoms with E-state index in [0.717, 1.165) is 5.56 Å². The highest BCUT2D eigenvalue weighted by atomic mass is 16.3. The van der Waals surface area contributed by atoms with E-state index in [-0.39, 0.29) is 12.5 Å². The molecule has 0 fully saturated rings. The van der Waals surface area contributed by atoms with Gasteiger partial charge in [0.25, 0.3) is 0 Å². The lowest BCUT2D eigenvalue weighted by Gasteiger charge is -2.06. The average Bonchev–Trinajstić information content (AvgIpc) is 2.47. The summed E-state index contributed by atoms with van der Waals surface area (Å²) in [4.78, 5) is 11.8. The average molecular weight is 268 g/mol. The van der Waals surface area contributed by atoms with Crippen LogP contribution < -0.4 is 11.1 Å². The molecule has 1 amide bonds. The molecule has 4 nitrogen and oxygen atoms in total. The second-order valence-electron chi connectivity index (χ2n) is 4.30. The molecule has 0 radical (unpaired) electrons. The van der Waals surface area contributed by atoms with E-state index in [4.69, 9.17) is 5.73 Å². The highest BCUT2D eigenvalue weighted by Gasteiger charge is 2.02. The minimum absolute atomic E-state index is 0.113. The topological polar surface area (TPSA) is 75.4 Å². The van der Waals surface area contributed by atoms with Gasteiger partial charge >= 0.3 is 0 Å². The number of hydrogen-bond donors (Lipinski definition) is 3. The fourth-order valence-electron chi connectivity index (χ4n) is 1.73. The number of nitrogen functional groups attached to an aromatic ring is 1. The van der Waals surface area contributed by atoms with E-state index in [9.17, 15) is 9.90 Å². The summed E-state index contributed by atoms with van der Waals surface area (Å²) in [6.07, 6.45) is 3.15. The van der Waals surface area contributed by atoms with Gasteiger partial charge in [-0.3, -0.25) is 4.79 Å². The van der Waals surface area contributed by atoms with Crippen LogP contribution >= 0.6 is 0 Å². The molecule has 102 valence electrons. The lowest BCUT2D eigenvalue weighted by molar-refractivity contribution is -0.111. The highest BCUT2D eigenvalue weighted by Crippen LogP contribution is 2.15. The van der Waals surface area contributed by atoms with Gasteiger partial charge in [-0.1, -0.05) is 30.3 Å². The summed E-state index contributed by atoms with van der Waals surface area (Å²) >= 11 is 0. The summed E-state index contributed by atoms with van der Waals surface area (Å²) in [5.41, 5.74) is 8.46. The molecule has 0 bridgehead atoms. The zero-order valence-corrected chi connectivity index (χ0v) is 10.9. The molecular formula is C16H16N2O2. The van der Waals surface area contributed by atoms with Gasteiger partial charge in [0.15, 0.2) is 0 Å². The van der Waals surface area contributed by atoms with E-state index in [0.29, 0.717) is 16.9 Å². The fraction of sp³-hybridized carbons (Fsp3) is 0.0625. The second-order valence-corrected chi connectivity index (χ2v) is 4.30. The Balaban J connectivity index is 2.03. The van der Waals surface area contributed by atoms with E-state index in [1.807, 2.05) is 18.2 Å². The molecule has 20 heavy (non-hydrogen) atoms. The van der Waals surface area contributed by atoms with Gasteiger partial charge in [-0.25, -0.2) is 0 Å². The van der Waals surface area contributed by atoms with Crippen LogP contribution in [-0.2, 0) is 11.4 Å². The number of anilines is 2. The smallest absolute Gasteiger partial charge is 0.248 e. The van der Waals surface area contributed by atoms with E-state index in [1.165, 1.54) is 6.08 Å². The fourth-order valence-corrected chi connectivity index (χ4v) is 1.73. The summed E-state index contributed by atoms with van der Waals surface area (Å²) in [6, 6.07) is 14.3. The van der Waals surface area contributed by atoms with Crippen molar-refractivity contribution in [3.8, 4) is 0 Å². The summed E-state index contributed by atoms with van der Waals surface area (Å²) in [6.45, 7) is -0.113. The minimum atomic E-state index is -0.247. The quantitative estimate of drug-likeness (QED) is 0.589. The zero-order valence-electron chi connectivity index (χ0n) is 10.9. The molecule has 2 aromatic rings. The Morgan fingerprint density at radius 1 is 1.15 bits per heavy atom. The first-order valence-electron chi connectivity index (χ1n) is 6.22. The third kappa shape index (κ3) is 3.70. The first-order chi connectivity index (χ1) is 9.69. The minimum Gasteiger partial charge on any atom is -0.399 e. The van der Waals surface area contributed by atoms with Crippen LogP contribution in [0.15, 0.2) is 54.6 Å². The largest absolute Gasteiger partial charge is 0.399 e. The van der Waals surface area contributed by atoms with Crippen LogP contribution in [0.1, 0.15) is 11.1 Å². The number of aliphatic hydroxyl groups is 1. The van der Waals surface area contributed by atoms with Crippen molar-refractivity contribution in [1.82, 2.24) is 0 Å². The van der Waals surface area contributed by atoms with Gasteiger partial charge in [0.1, 0.15) is 0 Å². The van der Waals surface area contributed by atoms with Crippen LogP contribution in [0.25, 0.3) is 6.08 Å². The van der Waals surface area contributed by atoms with Crippen molar-refractivity contribution in [1.29, 1.82) is 0 Å². The highest BCUT2D eigenvalue weighted by molar-refractivity contribution is 6.02. The van der Waals surface area contributed by atoms with E-state index >= 15 is 0 Å². The van der Waals surface area contributed by atoms with Crippen LogP contribution in [0.3, 0.4) is 0 Å². The van der Waals surface area contributed by atoms with Gasteiger partial charge < -0.3 is 16.2 Å². The molecule has 0 heterocycles. The molecule has 0 aromatic heterocycles. The summed E-state index contributed by atoms with van der Waals surface area (Å²) in [5, 5.41) is 11.9. The Kier molecular flexibility index (Phi) is 4.52. The first kappa shape index (κ1) is 13.8. The summed E-state index contributed by atoms with van der Waals surface area (Å²) in [5.74, 6) is -0.247. The van der Waals surface area contributed by atoms with E-state index in [2.05, 4.69) is 5.32 Å². The number of rotatable bonds is 4. The van der Waals surface area contributed by atoms with Crippen LogP contribution in [0.4, 0.5) is 11.4 Å². The van der Waals surface area contributed by atoms with E-state index in [1.54, 1.807) is 36.4 Å². The maximum absolute atomic E-state index is 11.8. The molecular weight excluding hydrogens is 252 g/mol. The Hall–Kier alpha value is -2.59. The Bertz CT molecular complexity index is 619. The van der Waals surface area contributed by atoms with E-state index < -0.39 is 0 Å². The Morgan fingerprint density at radius 2 is 1.85 bits per heavy atom. The van der Waals surface area contributed by atoms with Gasteiger partial charge in [0.05, 0.1) is 6.61 Å². The number of hydrogen-bond acceptors (Lipinski definition) is 3. The lowest BCUT2D eigenvalue weighted by atomic mass is 10.2. The SMILES string of the molecule is Nc1ccc(/C=C/C(=O)Nc2ccccc2CO)cc1. The van der Waals surface area contributed by atoms with Crippen molar-refractivity contribution >= 4 is 23.4 Å². The monoisotopic (exact) mass is 268 g/mol. The third-order valence-electron chi connectivity index (χ3n) is 2.81. The van der Waals surface area contributed by atoms with Gasteiger partial charge in [0, 0.05) is 23.0 Å². The number of para-hydroxylation sites is 1. The Labute approximate surface area is 117 Å². The van der Waals surface area contributed by atoms with Crippen LogP contribution in [0.5, 0.6) is 0 Å². The third-order valence-corrected chi connectivity index (χ3v) is 2.81. The number of benzene rings is 2. The number of aliphatic hydroxyl groups excluding tert-OH is 1. The lowest BCUT2D eigenvalue weighted by Crippen LogP contribution is -2.09. The number of carbonyl (C=O) groups is 1. The Morgan fingerprint density at radius 3 is 2.55 bits per heavy atom. The normalized spacial score (nSPS) is 10.7. The van der Waals surface area contributed by atoms with Crippen molar-refractivity contribution < 1.29 is 9.90 Å². The number of nitrogens with one attached hydrogen (secondary N) is 1. The van der Waals surface area contributed by atoms with Crippen molar-refractivity contribution in [3.05, 3.63) is 65.7 Å². The molecule has 0 saturated carbocycles. The number of carbonyl (C=O) groups excluding carboxylic acids is 1. The first-order valence-corrected chi connectivity index (χ1v) is 6.22. The molecule has 4 N–H and O–H groups in total. The molecule has 0 unspecified atom stereocenters. The number of nitrogens with two attached hydrogens (primary N) is 1. The molecule has 0 saturated heterocycles. The van der Waals surface area contributed by atoms with Gasteiger partial charge in [0.2, 0.25) is 5.91 Å². The van der Waals surface area contributed by atoms with Crippen molar-refractivity contribution in [2.45, 2.75) is 6.61 Å². The maximum Gasteiger partial charge on any atom is 0.248 e. The molecule has 0 aliphatic rings. The number of amides is 1. The van der Waals surface area contributed by atoms with Crippen molar-refractivity contribution in [2.75, 3.05) is 11.1 Å². The van der Waals surface area contributed by atoms with Crippen LogP contribution in [0, 0.1) is 0 Å². The molecule has 0 atom stereocenters. The predicted molar refractivity (Wildman–Crippen MR) is 80.9 cm³/mol. The molecule has 0 aliphatic carbocycles. The van der Waals surface area contributed by atoms with Crippen LogP contribution in [0.2, 0.25) is 0 Å². The van der Waals surface area contributed by atoms with Gasteiger partial charge in [-0.2, -0.15) is 0 Å². The molecule has 2 rings (SSSR count). The molecule has 2 aromatic carbocycles. The standard InChI is InChI=1S/C16H16N2O2/c17-14-8-5-12(6-9-14)7-10-16(20)18-15-4-2-1-3-13(15)11-19/h1-10,19H,11,17H2,(H,18,20)/b10-7+. The second kappa shape index (κ2) is 6.54. The van der Waals surface area contributed by atoms with Crippen molar-refractivity contribution in [2.24, 2.45) is 0 Å². The zero-order chi connectivity index (χ0) is 14.4. The predicted octanol–water partition coefficient (Wildman–Crippen LogP) is 2.41. The summed E-state index contributed by atoms with van der Waals surface area (Å²) < 4.78 is 0. The maximum atomic E-state index is 11.8. The van der Waals surface area contributed by atoms with Gasteiger partial charge in [-0.05, 0) is 29.8 Å². The van der Waals surface area contributed by atoms with Gasteiger partial charge in [-0.15, -0.1) is 0 Å². The molecule has 0 aliphatic heterocycles.